The molecule has 1 atom stereocenters. The van der Waals surface area contributed by atoms with E-state index in [1.165, 1.54) is 30.4 Å². The van der Waals surface area contributed by atoms with Crippen LogP contribution in [0.2, 0.25) is 5.02 Å². The molecule has 2 aromatic rings. The Bertz CT molecular complexity index is 1220. The van der Waals surface area contributed by atoms with Crippen LogP contribution < -0.4 is 10.0 Å². The number of anilines is 1. The first-order valence-electron chi connectivity index (χ1n) is 11.7. The Morgan fingerprint density at radius 3 is 2.53 bits per heavy atom. The zero-order chi connectivity index (χ0) is 26.7. The number of nitrogens with one attached hydrogen (secondary N) is 2. The van der Waals surface area contributed by atoms with Gasteiger partial charge in [0.05, 0.1) is 27.8 Å². The van der Waals surface area contributed by atoms with Gasteiger partial charge in [0, 0.05) is 6.92 Å². The lowest BCUT2D eigenvalue weighted by Crippen LogP contribution is -2.47. The van der Waals surface area contributed by atoms with E-state index in [9.17, 15) is 18.0 Å². The van der Waals surface area contributed by atoms with Gasteiger partial charge < -0.3 is 14.8 Å². The third kappa shape index (κ3) is 7.72. The number of carbonyl (C=O) groups excluding carboxylic acids is 2. The van der Waals surface area contributed by atoms with Gasteiger partial charge in [-0.1, -0.05) is 29.0 Å². The molecule has 1 saturated carbocycles. The number of amides is 1. The number of esters is 1. The average molecular weight is 558 g/mol. The molecule has 1 amide bonds. The highest BCUT2D eigenvalue weighted by atomic mass is 35.5. The number of carbonyl (C=O) groups is 2. The van der Waals surface area contributed by atoms with E-state index < -0.39 is 27.6 Å². The average Bonchev–Trinajstić information content (AvgIpc) is 3.39. The molecule has 12 heteroatoms. The zero-order valence-electron chi connectivity index (χ0n) is 21.0. The van der Waals surface area contributed by atoms with Gasteiger partial charge >= 0.3 is 5.97 Å². The molecule has 1 aromatic heterocycles. The largest absolute Gasteiger partial charge is 0.461 e. The van der Waals surface area contributed by atoms with Gasteiger partial charge in [-0.3, -0.25) is 9.59 Å². The summed E-state index contributed by atoms with van der Waals surface area (Å²) in [6, 6.07) is 3.33. The molecule has 0 bridgehead atoms. The summed E-state index contributed by atoms with van der Waals surface area (Å²) in [5.41, 5.74) is 0.589. The number of hydrogen-bond acceptors (Lipinski definition) is 8. The van der Waals surface area contributed by atoms with Gasteiger partial charge in [-0.05, 0) is 71.1 Å². The molecule has 0 saturated heterocycles. The summed E-state index contributed by atoms with van der Waals surface area (Å²) in [6.07, 6.45) is 3.23. The van der Waals surface area contributed by atoms with E-state index in [0.717, 1.165) is 25.7 Å². The molecule has 1 aromatic carbocycles. The smallest absolute Gasteiger partial charge is 0.326 e. The van der Waals surface area contributed by atoms with Crippen molar-refractivity contribution in [1.29, 1.82) is 0 Å². The van der Waals surface area contributed by atoms with Gasteiger partial charge in [-0.2, -0.15) is 4.72 Å². The monoisotopic (exact) mass is 557 g/mol. The molecular weight excluding hydrogens is 526 g/mol. The topological polar surface area (TPSA) is 124 Å². The number of benzene rings is 1. The lowest BCUT2D eigenvalue weighted by molar-refractivity contribution is -0.153. The molecule has 36 heavy (non-hydrogen) atoms. The van der Waals surface area contributed by atoms with Crippen molar-refractivity contribution in [2.24, 2.45) is 0 Å². The van der Waals surface area contributed by atoms with Crippen LogP contribution in [0.3, 0.4) is 0 Å². The predicted octanol–water partition coefficient (Wildman–Crippen LogP) is 4.68. The van der Waals surface area contributed by atoms with Crippen molar-refractivity contribution in [3.8, 4) is 10.4 Å². The lowest BCUT2D eigenvalue weighted by Gasteiger charge is -2.25. The summed E-state index contributed by atoms with van der Waals surface area (Å²) < 4.78 is 40.6. The Hall–Kier alpha value is -2.05. The summed E-state index contributed by atoms with van der Waals surface area (Å²) in [6.45, 7) is 8.39. The van der Waals surface area contributed by atoms with E-state index in [-0.39, 0.29) is 28.5 Å². The first kappa shape index (κ1) is 28.5. The number of halogens is 1. The summed E-state index contributed by atoms with van der Waals surface area (Å²) in [5.74, 6) is -0.938. The number of rotatable bonds is 9. The van der Waals surface area contributed by atoms with E-state index in [2.05, 4.69) is 15.0 Å². The molecule has 9 nitrogen and oxygen atoms in total. The van der Waals surface area contributed by atoms with Crippen LogP contribution in [0.1, 0.15) is 59.1 Å². The number of sulfonamides is 1. The first-order chi connectivity index (χ1) is 16.7. The van der Waals surface area contributed by atoms with Crippen molar-refractivity contribution in [1.82, 2.24) is 9.71 Å². The highest BCUT2D eigenvalue weighted by Crippen LogP contribution is 2.36. The minimum atomic E-state index is -4.24. The molecule has 3 rings (SSSR count). The van der Waals surface area contributed by atoms with Crippen LogP contribution in [0.25, 0.3) is 10.4 Å². The Balaban J connectivity index is 1.89. The fourth-order valence-corrected chi connectivity index (χ4v) is 6.41. The van der Waals surface area contributed by atoms with E-state index in [0.29, 0.717) is 21.3 Å². The summed E-state index contributed by atoms with van der Waals surface area (Å²) in [7, 11) is -4.24. The molecule has 0 radical (unpaired) electrons. The van der Waals surface area contributed by atoms with Crippen molar-refractivity contribution in [2.45, 2.75) is 82.9 Å². The molecule has 0 aliphatic heterocycles. The molecule has 0 unspecified atom stereocenters. The lowest BCUT2D eigenvalue weighted by atomic mass is 10.2. The molecule has 0 spiro atoms. The molecule has 1 fully saturated rings. The van der Waals surface area contributed by atoms with Crippen LogP contribution >= 0.6 is 22.9 Å². The minimum absolute atomic E-state index is 0.00449. The minimum Gasteiger partial charge on any atom is -0.461 e. The van der Waals surface area contributed by atoms with Gasteiger partial charge in [-0.15, -0.1) is 0 Å². The second-order valence-corrected chi connectivity index (χ2v) is 12.8. The van der Waals surface area contributed by atoms with E-state index in [1.807, 2.05) is 20.8 Å². The van der Waals surface area contributed by atoms with Gasteiger partial charge in [0.15, 0.2) is 5.13 Å². The number of hydrogen-bond donors (Lipinski definition) is 2. The second-order valence-electron chi connectivity index (χ2n) is 9.70. The highest BCUT2D eigenvalue weighted by Gasteiger charge is 2.32. The van der Waals surface area contributed by atoms with Gasteiger partial charge in [0.1, 0.15) is 17.0 Å². The Morgan fingerprint density at radius 2 is 1.92 bits per heavy atom. The predicted molar refractivity (Wildman–Crippen MR) is 140 cm³/mol. The standard InChI is InChI=1S/C24H32ClN3O6S2/c1-14-21(35-23(26-14)27-15(2)29)16-10-11-18(25)20(12-16)36(31,32)28-19(13-33-24(3,4)5)22(30)34-17-8-6-7-9-17/h10-12,17,19,28H,6-9,13H2,1-5H3,(H,26,27,29)/t19-/m0/s1. The maximum absolute atomic E-state index is 13.4. The van der Waals surface area contributed by atoms with Crippen LogP contribution in [0, 0.1) is 6.92 Å². The second kappa shape index (κ2) is 11.6. The number of aromatic nitrogens is 1. The third-order valence-electron chi connectivity index (χ3n) is 5.41. The third-order valence-corrected chi connectivity index (χ3v) is 8.49. The summed E-state index contributed by atoms with van der Waals surface area (Å²) >= 11 is 7.51. The number of ether oxygens (including phenoxy) is 2. The molecule has 1 aliphatic rings. The van der Waals surface area contributed by atoms with Crippen molar-refractivity contribution in [2.75, 3.05) is 11.9 Å². The number of nitrogens with zero attached hydrogens (tertiary/aromatic N) is 1. The fraction of sp³-hybridized carbons (Fsp3) is 0.542. The van der Waals surface area contributed by atoms with Crippen LogP contribution in [0.4, 0.5) is 5.13 Å². The maximum atomic E-state index is 13.4. The van der Waals surface area contributed by atoms with Crippen molar-refractivity contribution >= 4 is 50.0 Å². The zero-order valence-corrected chi connectivity index (χ0v) is 23.4. The van der Waals surface area contributed by atoms with Gasteiger partial charge in [-0.25, -0.2) is 13.4 Å². The Morgan fingerprint density at radius 1 is 1.25 bits per heavy atom. The van der Waals surface area contributed by atoms with E-state index in [4.69, 9.17) is 21.1 Å². The van der Waals surface area contributed by atoms with Crippen molar-refractivity contribution in [3.63, 3.8) is 0 Å². The van der Waals surface area contributed by atoms with E-state index >= 15 is 0 Å². The van der Waals surface area contributed by atoms with Crippen LogP contribution in [0.5, 0.6) is 0 Å². The highest BCUT2D eigenvalue weighted by molar-refractivity contribution is 7.89. The quantitative estimate of drug-likeness (QED) is 0.429. The van der Waals surface area contributed by atoms with Gasteiger partial charge in [0.2, 0.25) is 15.9 Å². The Labute approximate surface area is 221 Å². The van der Waals surface area contributed by atoms with Crippen LogP contribution in [-0.2, 0) is 29.1 Å². The first-order valence-corrected chi connectivity index (χ1v) is 14.3. The molecular formula is C24H32ClN3O6S2. The SMILES string of the molecule is CC(=O)Nc1nc(C)c(-c2ccc(Cl)c(S(=O)(=O)N[C@@H](COC(C)(C)C)C(=O)OC3CCCC3)c2)s1. The van der Waals surface area contributed by atoms with Crippen LogP contribution in [-0.4, -0.2) is 49.6 Å². The van der Waals surface area contributed by atoms with Gasteiger partial charge in [0.25, 0.3) is 0 Å². The normalized spacial score (nSPS) is 15.6. The molecule has 1 aliphatic carbocycles. The molecule has 1 heterocycles. The maximum Gasteiger partial charge on any atom is 0.326 e. The Kier molecular flexibility index (Phi) is 9.16. The van der Waals surface area contributed by atoms with Crippen molar-refractivity contribution in [3.05, 3.63) is 28.9 Å². The molecule has 2 N–H and O–H groups in total. The summed E-state index contributed by atoms with van der Waals surface area (Å²) in [4.78, 5) is 29.1. The van der Waals surface area contributed by atoms with Crippen LogP contribution in [0.15, 0.2) is 23.1 Å². The van der Waals surface area contributed by atoms with Crippen molar-refractivity contribution < 1.29 is 27.5 Å². The number of thiazole rings is 1. The fourth-order valence-electron chi connectivity index (χ4n) is 3.71. The summed E-state index contributed by atoms with van der Waals surface area (Å²) in [5, 5.41) is 3.03. The number of aryl methyl sites for hydroxylation is 1. The molecule has 198 valence electrons. The van der Waals surface area contributed by atoms with E-state index in [1.54, 1.807) is 13.0 Å².